The topological polar surface area (TPSA) is 74.4 Å². The summed E-state index contributed by atoms with van der Waals surface area (Å²) in [5, 5.41) is 6.55. The lowest BCUT2D eigenvalue weighted by molar-refractivity contribution is -0.125. The number of ether oxygens (including phenoxy) is 1. The van der Waals surface area contributed by atoms with Crippen LogP contribution in [0.2, 0.25) is 0 Å². The SMILES string of the molecule is COc1ccccc1C(C)(C)NC(=O)C1NNC2CCNCC21. The molecule has 0 aromatic heterocycles. The second kappa shape index (κ2) is 6.47. The summed E-state index contributed by atoms with van der Waals surface area (Å²) >= 11 is 0. The fourth-order valence-electron chi connectivity index (χ4n) is 3.59. The monoisotopic (exact) mass is 318 g/mol. The Morgan fingerprint density at radius 3 is 2.87 bits per heavy atom. The van der Waals surface area contributed by atoms with E-state index in [1.54, 1.807) is 7.11 Å². The van der Waals surface area contributed by atoms with Gasteiger partial charge in [-0.1, -0.05) is 18.2 Å². The summed E-state index contributed by atoms with van der Waals surface area (Å²) in [6.45, 7) is 5.86. The maximum atomic E-state index is 12.8. The van der Waals surface area contributed by atoms with Crippen molar-refractivity contribution < 1.29 is 9.53 Å². The third-order valence-electron chi connectivity index (χ3n) is 4.88. The van der Waals surface area contributed by atoms with Crippen LogP contribution < -0.4 is 26.2 Å². The zero-order valence-corrected chi connectivity index (χ0v) is 14.0. The quantitative estimate of drug-likeness (QED) is 0.651. The van der Waals surface area contributed by atoms with Gasteiger partial charge in [-0.3, -0.25) is 10.2 Å². The van der Waals surface area contributed by atoms with Gasteiger partial charge in [0, 0.05) is 24.1 Å². The van der Waals surface area contributed by atoms with Crippen molar-refractivity contribution in [1.29, 1.82) is 0 Å². The Labute approximate surface area is 137 Å². The Morgan fingerprint density at radius 2 is 2.09 bits per heavy atom. The van der Waals surface area contributed by atoms with Crippen molar-refractivity contribution in [2.75, 3.05) is 20.2 Å². The van der Waals surface area contributed by atoms with Gasteiger partial charge in [0.25, 0.3) is 0 Å². The molecule has 1 amide bonds. The number of carbonyl (C=O) groups is 1. The summed E-state index contributed by atoms with van der Waals surface area (Å²) in [5.41, 5.74) is 6.89. The van der Waals surface area contributed by atoms with Gasteiger partial charge in [0.2, 0.25) is 5.91 Å². The third-order valence-corrected chi connectivity index (χ3v) is 4.88. The van der Waals surface area contributed by atoms with Crippen LogP contribution in [0.5, 0.6) is 5.75 Å². The molecule has 3 unspecified atom stereocenters. The molecule has 2 heterocycles. The Hall–Kier alpha value is -1.63. The molecule has 2 aliphatic rings. The molecule has 2 saturated heterocycles. The number of para-hydroxylation sites is 1. The number of piperidine rings is 1. The van der Waals surface area contributed by atoms with Crippen LogP contribution in [0.3, 0.4) is 0 Å². The van der Waals surface area contributed by atoms with Crippen molar-refractivity contribution >= 4 is 5.91 Å². The van der Waals surface area contributed by atoms with E-state index in [9.17, 15) is 4.79 Å². The lowest BCUT2D eigenvalue weighted by Crippen LogP contribution is -2.53. The lowest BCUT2D eigenvalue weighted by atomic mass is 9.87. The number of amides is 1. The Bertz CT molecular complexity index is 575. The maximum Gasteiger partial charge on any atom is 0.239 e. The van der Waals surface area contributed by atoms with E-state index in [0.717, 1.165) is 30.8 Å². The highest BCUT2D eigenvalue weighted by molar-refractivity contribution is 5.83. The molecular formula is C17H26N4O2. The molecule has 6 heteroatoms. The molecule has 23 heavy (non-hydrogen) atoms. The molecule has 0 bridgehead atoms. The van der Waals surface area contributed by atoms with E-state index < -0.39 is 5.54 Å². The molecule has 3 rings (SSSR count). The van der Waals surface area contributed by atoms with E-state index >= 15 is 0 Å². The number of rotatable bonds is 4. The minimum absolute atomic E-state index is 0.0182. The first-order valence-electron chi connectivity index (χ1n) is 8.20. The Morgan fingerprint density at radius 1 is 1.30 bits per heavy atom. The predicted octanol–water partition coefficient (Wildman–Crippen LogP) is 0.501. The average Bonchev–Trinajstić information content (AvgIpc) is 2.98. The number of benzene rings is 1. The van der Waals surface area contributed by atoms with Crippen molar-refractivity contribution in [1.82, 2.24) is 21.5 Å². The van der Waals surface area contributed by atoms with Crippen molar-refractivity contribution in [2.45, 2.75) is 37.9 Å². The fraction of sp³-hybridized carbons (Fsp3) is 0.588. The van der Waals surface area contributed by atoms with Gasteiger partial charge in [-0.05, 0) is 32.9 Å². The van der Waals surface area contributed by atoms with E-state index in [4.69, 9.17) is 4.74 Å². The van der Waals surface area contributed by atoms with Gasteiger partial charge in [0.15, 0.2) is 0 Å². The molecule has 0 aliphatic carbocycles. The fourth-order valence-corrected chi connectivity index (χ4v) is 3.59. The number of nitrogens with one attached hydrogen (secondary N) is 4. The van der Waals surface area contributed by atoms with E-state index in [2.05, 4.69) is 21.5 Å². The first-order chi connectivity index (χ1) is 11.0. The summed E-state index contributed by atoms with van der Waals surface area (Å²) in [6.07, 6.45) is 1.04. The molecule has 4 N–H and O–H groups in total. The van der Waals surface area contributed by atoms with Gasteiger partial charge in [-0.15, -0.1) is 0 Å². The number of fused-ring (bicyclic) bond motifs is 1. The molecule has 6 nitrogen and oxygen atoms in total. The summed E-state index contributed by atoms with van der Waals surface area (Å²) in [6, 6.07) is 7.94. The van der Waals surface area contributed by atoms with Crippen molar-refractivity contribution in [3.63, 3.8) is 0 Å². The highest BCUT2D eigenvalue weighted by Gasteiger charge is 2.42. The lowest BCUT2D eigenvalue weighted by Gasteiger charge is -2.32. The van der Waals surface area contributed by atoms with Crippen LogP contribution in [-0.2, 0) is 10.3 Å². The standard InChI is InChI=1S/C17H26N4O2/c1-17(2,12-6-4-5-7-14(12)23-3)19-16(22)15-11-10-18-9-8-13(11)20-21-15/h4-7,11,13,15,18,20-21H,8-10H2,1-3H3,(H,19,22). The largest absolute Gasteiger partial charge is 0.496 e. The van der Waals surface area contributed by atoms with Crippen LogP contribution in [0.1, 0.15) is 25.8 Å². The molecule has 3 atom stereocenters. The van der Waals surface area contributed by atoms with Gasteiger partial charge in [0.05, 0.1) is 12.6 Å². The van der Waals surface area contributed by atoms with Crippen LogP contribution in [0.25, 0.3) is 0 Å². The zero-order valence-electron chi connectivity index (χ0n) is 14.0. The van der Waals surface area contributed by atoms with Crippen molar-refractivity contribution in [3.05, 3.63) is 29.8 Å². The second-order valence-corrected chi connectivity index (χ2v) is 6.84. The molecule has 0 radical (unpaired) electrons. The van der Waals surface area contributed by atoms with E-state index in [1.165, 1.54) is 0 Å². The highest BCUT2D eigenvalue weighted by atomic mass is 16.5. The maximum absolute atomic E-state index is 12.8. The van der Waals surface area contributed by atoms with Crippen LogP contribution in [0.4, 0.5) is 0 Å². The van der Waals surface area contributed by atoms with Crippen LogP contribution in [-0.4, -0.2) is 38.2 Å². The molecule has 1 aromatic rings. The normalized spacial score (nSPS) is 27.3. The predicted molar refractivity (Wildman–Crippen MR) is 89.0 cm³/mol. The Kier molecular flexibility index (Phi) is 4.57. The zero-order chi connectivity index (χ0) is 16.4. The van der Waals surface area contributed by atoms with Gasteiger partial charge >= 0.3 is 0 Å². The number of hydrazine groups is 1. The molecule has 0 saturated carbocycles. The summed E-state index contributed by atoms with van der Waals surface area (Å²) in [7, 11) is 1.65. The summed E-state index contributed by atoms with van der Waals surface area (Å²) < 4.78 is 5.44. The number of carbonyl (C=O) groups excluding carboxylic acids is 1. The van der Waals surface area contributed by atoms with Gasteiger partial charge in [-0.25, -0.2) is 5.43 Å². The van der Waals surface area contributed by atoms with Gasteiger partial charge < -0.3 is 15.4 Å². The minimum atomic E-state index is -0.508. The van der Waals surface area contributed by atoms with E-state index in [1.807, 2.05) is 38.1 Å². The Balaban J connectivity index is 1.73. The van der Waals surface area contributed by atoms with Crippen molar-refractivity contribution in [2.24, 2.45) is 5.92 Å². The molecule has 1 aromatic carbocycles. The molecular weight excluding hydrogens is 292 g/mol. The highest BCUT2D eigenvalue weighted by Crippen LogP contribution is 2.30. The second-order valence-electron chi connectivity index (χ2n) is 6.84. The number of methoxy groups -OCH3 is 1. The first-order valence-corrected chi connectivity index (χ1v) is 8.20. The first kappa shape index (κ1) is 16.2. The van der Waals surface area contributed by atoms with Crippen LogP contribution in [0.15, 0.2) is 24.3 Å². The van der Waals surface area contributed by atoms with Crippen LogP contribution in [0, 0.1) is 5.92 Å². The molecule has 0 spiro atoms. The van der Waals surface area contributed by atoms with Crippen molar-refractivity contribution in [3.8, 4) is 5.75 Å². The minimum Gasteiger partial charge on any atom is -0.496 e. The molecule has 2 aliphatic heterocycles. The van der Waals surface area contributed by atoms with Gasteiger partial charge in [-0.2, -0.15) is 0 Å². The van der Waals surface area contributed by atoms with E-state index in [-0.39, 0.29) is 17.9 Å². The third kappa shape index (κ3) is 3.20. The van der Waals surface area contributed by atoms with E-state index in [0.29, 0.717) is 6.04 Å². The summed E-state index contributed by atoms with van der Waals surface area (Å²) in [4.78, 5) is 12.8. The number of hydrogen-bond acceptors (Lipinski definition) is 5. The molecule has 126 valence electrons. The average molecular weight is 318 g/mol. The smallest absolute Gasteiger partial charge is 0.239 e. The van der Waals surface area contributed by atoms with Crippen LogP contribution >= 0.6 is 0 Å². The van der Waals surface area contributed by atoms with Gasteiger partial charge in [0.1, 0.15) is 11.8 Å². The number of hydrogen-bond donors (Lipinski definition) is 4. The summed E-state index contributed by atoms with van der Waals surface area (Å²) in [5.74, 6) is 1.08. The molecule has 2 fully saturated rings.